The minimum atomic E-state index is 0.153. The molecule has 96 valence electrons. The smallest absolute Gasteiger partial charge is 0.235 e. The van der Waals surface area contributed by atoms with E-state index in [1.165, 1.54) is 0 Å². The summed E-state index contributed by atoms with van der Waals surface area (Å²) in [5, 5.41) is 7.39. The second kappa shape index (κ2) is 4.56. The highest BCUT2D eigenvalue weighted by atomic mass is 16.5. The Morgan fingerprint density at radius 2 is 2.11 bits per heavy atom. The molecule has 0 fully saturated rings. The van der Waals surface area contributed by atoms with Crippen LogP contribution in [0, 0.1) is 0 Å². The molecule has 0 aliphatic rings. The zero-order valence-corrected chi connectivity index (χ0v) is 10.4. The summed E-state index contributed by atoms with van der Waals surface area (Å²) in [5.41, 5.74) is 7.33. The van der Waals surface area contributed by atoms with Gasteiger partial charge in [-0.25, -0.2) is 0 Å². The number of nitrogens with one attached hydrogen (secondary N) is 1. The minimum absolute atomic E-state index is 0.153. The molecule has 0 unspecified atom stereocenters. The van der Waals surface area contributed by atoms with E-state index < -0.39 is 0 Å². The number of nitrogens with two attached hydrogens (primary N) is 1. The van der Waals surface area contributed by atoms with E-state index in [2.05, 4.69) is 27.1 Å². The Morgan fingerprint density at radius 1 is 1.26 bits per heavy atom. The molecule has 6 nitrogen and oxygen atoms in total. The van der Waals surface area contributed by atoms with Crippen LogP contribution < -0.4 is 10.5 Å². The number of ether oxygens (including phenoxy) is 1. The highest BCUT2D eigenvalue weighted by Gasteiger charge is 2.11. The maximum Gasteiger partial charge on any atom is 0.235 e. The number of anilines is 1. The molecule has 0 spiro atoms. The molecule has 2 aromatic heterocycles. The van der Waals surface area contributed by atoms with Crippen LogP contribution in [0.2, 0.25) is 0 Å². The first kappa shape index (κ1) is 11.5. The van der Waals surface area contributed by atoms with E-state index in [0.717, 1.165) is 17.7 Å². The lowest BCUT2D eigenvalue weighted by molar-refractivity contribution is 0.464. The Balaban J connectivity index is 2.07. The average molecular weight is 255 g/mol. The van der Waals surface area contributed by atoms with Crippen molar-refractivity contribution in [3.63, 3.8) is 0 Å². The first-order valence-electron chi connectivity index (χ1n) is 6.00. The van der Waals surface area contributed by atoms with Crippen LogP contribution >= 0.6 is 0 Å². The van der Waals surface area contributed by atoms with Gasteiger partial charge in [-0.15, -0.1) is 0 Å². The van der Waals surface area contributed by atoms with Gasteiger partial charge in [-0.05, 0) is 18.1 Å². The zero-order chi connectivity index (χ0) is 13.2. The molecule has 2 heterocycles. The Kier molecular flexibility index (Phi) is 2.75. The lowest BCUT2D eigenvalue weighted by Gasteiger charge is -2.09. The molecular formula is C13H13N5O. The zero-order valence-electron chi connectivity index (χ0n) is 10.4. The fourth-order valence-corrected chi connectivity index (χ4v) is 1.90. The third-order valence-corrected chi connectivity index (χ3v) is 2.85. The summed E-state index contributed by atoms with van der Waals surface area (Å²) in [6, 6.07) is 7.83. The van der Waals surface area contributed by atoms with E-state index in [4.69, 9.17) is 10.5 Å². The molecule has 3 aromatic rings. The van der Waals surface area contributed by atoms with Crippen LogP contribution in [0.3, 0.4) is 0 Å². The van der Waals surface area contributed by atoms with Gasteiger partial charge in [-0.3, -0.25) is 5.10 Å². The number of fused-ring (bicyclic) bond motifs is 1. The highest BCUT2D eigenvalue weighted by molar-refractivity contribution is 5.80. The number of hydrogen-bond acceptors (Lipinski definition) is 5. The number of aromatic nitrogens is 4. The van der Waals surface area contributed by atoms with Crippen molar-refractivity contribution in [2.75, 3.05) is 5.73 Å². The van der Waals surface area contributed by atoms with E-state index in [1.807, 2.05) is 24.3 Å². The van der Waals surface area contributed by atoms with Crippen LogP contribution in [-0.4, -0.2) is 20.2 Å². The van der Waals surface area contributed by atoms with Crippen LogP contribution in [0.25, 0.3) is 11.0 Å². The second-order valence-electron chi connectivity index (χ2n) is 4.08. The fraction of sp³-hybridized carbons (Fsp3) is 0.154. The van der Waals surface area contributed by atoms with Gasteiger partial charge in [0.15, 0.2) is 5.65 Å². The van der Waals surface area contributed by atoms with Crippen LogP contribution in [0.1, 0.15) is 12.5 Å². The molecule has 0 saturated heterocycles. The third-order valence-electron chi connectivity index (χ3n) is 2.85. The molecule has 0 atom stereocenters. The molecule has 0 amide bonds. The summed E-state index contributed by atoms with van der Waals surface area (Å²) in [7, 11) is 0. The summed E-state index contributed by atoms with van der Waals surface area (Å²) in [6.07, 6.45) is 2.50. The Labute approximate surface area is 109 Å². The second-order valence-corrected chi connectivity index (χ2v) is 4.08. The predicted molar refractivity (Wildman–Crippen MR) is 72.0 cm³/mol. The molecule has 0 radical (unpaired) electrons. The van der Waals surface area contributed by atoms with Gasteiger partial charge in [-0.2, -0.15) is 15.1 Å². The number of hydrogen-bond donors (Lipinski definition) is 2. The maximum atomic E-state index is 5.86. The summed E-state index contributed by atoms with van der Waals surface area (Å²) in [6.45, 7) is 2.07. The van der Waals surface area contributed by atoms with Crippen molar-refractivity contribution < 1.29 is 4.74 Å². The summed E-state index contributed by atoms with van der Waals surface area (Å²) < 4.78 is 5.86. The van der Waals surface area contributed by atoms with E-state index in [9.17, 15) is 0 Å². The molecule has 6 heteroatoms. The number of rotatable bonds is 3. The Bertz CT molecular complexity index is 722. The third kappa shape index (κ3) is 2.08. The predicted octanol–water partition coefficient (Wildman–Crippen LogP) is 2.29. The maximum absolute atomic E-state index is 5.86. The molecule has 3 N–H and O–H groups in total. The number of H-pyrrole nitrogens is 1. The molecular weight excluding hydrogens is 242 g/mol. The van der Waals surface area contributed by atoms with Crippen molar-refractivity contribution in [1.29, 1.82) is 0 Å². The molecule has 0 bridgehead atoms. The van der Waals surface area contributed by atoms with Crippen molar-refractivity contribution in [3.05, 3.63) is 36.0 Å². The lowest BCUT2D eigenvalue weighted by atomic mass is 10.1. The lowest BCUT2D eigenvalue weighted by Crippen LogP contribution is -1.99. The minimum Gasteiger partial charge on any atom is -0.438 e. The molecule has 19 heavy (non-hydrogen) atoms. The Hall–Kier alpha value is -2.63. The number of nitrogen functional groups attached to an aromatic ring is 1. The monoisotopic (exact) mass is 255 g/mol. The van der Waals surface area contributed by atoms with Crippen molar-refractivity contribution >= 4 is 17.0 Å². The average Bonchev–Trinajstić information content (AvgIpc) is 2.87. The number of aryl methyl sites for hydroxylation is 1. The first-order valence-corrected chi connectivity index (χ1v) is 6.00. The van der Waals surface area contributed by atoms with Crippen LogP contribution in [0.15, 0.2) is 30.5 Å². The van der Waals surface area contributed by atoms with Gasteiger partial charge >= 0.3 is 0 Å². The van der Waals surface area contributed by atoms with Gasteiger partial charge in [0.25, 0.3) is 0 Å². The highest BCUT2D eigenvalue weighted by Crippen LogP contribution is 2.29. The number of benzene rings is 1. The summed E-state index contributed by atoms with van der Waals surface area (Å²) >= 11 is 0. The SMILES string of the molecule is CCc1ccccc1Oc1nc(N)nc2[nH]ncc12. The van der Waals surface area contributed by atoms with Crippen LogP contribution in [0.4, 0.5) is 5.95 Å². The largest absolute Gasteiger partial charge is 0.438 e. The van der Waals surface area contributed by atoms with E-state index in [0.29, 0.717) is 16.9 Å². The van der Waals surface area contributed by atoms with Gasteiger partial charge in [-0.1, -0.05) is 25.1 Å². The molecule has 3 rings (SSSR count). The van der Waals surface area contributed by atoms with E-state index >= 15 is 0 Å². The van der Waals surface area contributed by atoms with Crippen LogP contribution in [0.5, 0.6) is 11.6 Å². The quantitative estimate of drug-likeness (QED) is 0.749. The molecule has 0 aliphatic carbocycles. The molecule has 1 aromatic carbocycles. The molecule has 0 aliphatic heterocycles. The summed E-state index contributed by atoms with van der Waals surface area (Å²) in [5.74, 6) is 1.34. The van der Waals surface area contributed by atoms with Crippen molar-refractivity contribution in [2.24, 2.45) is 0 Å². The van der Waals surface area contributed by atoms with Crippen molar-refractivity contribution in [3.8, 4) is 11.6 Å². The first-order chi connectivity index (χ1) is 9.28. The van der Waals surface area contributed by atoms with Crippen molar-refractivity contribution in [2.45, 2.75) is 13.3 Å². The van der Waals surface area contributed by atoms with E-state index in [-0.39, 0.29) is 5.95 Å². The van der Waals surface area contributed by atoms with Gasteiger partial charge in [0.2, 0.25) is 11.8 Å². The topological polar surface area (TPSA) is 89.7 Å². The number of nitrogens with zero attached hydrogens (tertiary/aromatic N) is 3. The fourth-order valence-electron chi connectivity index (χ4n) is 1.90. The number of aromatic amines is 1. The number of para-hydroxylation sites is 1. The van der Waals surface area contributed by atoms with Gasteiger partial charge in [0.1, 0.15) is 11.1 Å². The van der Waals surface area contributed by atoms with Gasteiger partial charge < -0.3 is 10.5 Å². The van der Waals surface area contributed by atoms with Gasteiger partial charge in [0.05, 0.1) is 6.20 Å². The van der Waals surface area contributed by atoms with E-state index in [1.54, 1.807) is 6.20 Å². The summed E-state index contributed by atoms with van der Waals surface area (Å²) in [4.78, 5) is 8.18. The molecule has 0 saturated carbocycles. The standard InChI is InChI=1S/C13H13N5O/c1-2-8-5-3-4-6-10(8)19-12-9-7-15-18-11(9)16-13(14)17-12/h3-7H,2H2,1H3,(H3,14,15,16,17,18). The Morgan fingerprint density at radius 3 is 2.95 bits per heavy atom. The van der Waals surface area contributed by atoms with Crippen LogP contribution in [-0.2, 0) is 6.42 Å². The van der Waals surface area contributed by atoms with Gasteiger partial charge in [0, 0.05) is 0 Å². The van der Waals surface area contributed by atoms with Crippen molar-refractivity contribution in [1.82, 2.24) is 20.2 Å². The normalized spacial score (nSPS) is 10.8.